The molecule has 312 valence electrons. The molecular weight excluding hydrogens is 807 g/mol. The van der Waals surface area contributed by atoms with E-state index >= 15 is 0 Å². The predicted molar refractivity (Wildman–Crippen MR) is 288 cm³/mol. The van der Waals surface area contributed by atoms with Gasteiger partial charge < -0.3 is 4.90 Å². The van der Waals surface area contributed by atoms with Crippen LogP contribution in [0.5, 0.6) is 0 Å². The van der Waals surface area contributed by atoms with Crippen LogP contribution in [0.4, 0.5) is 17.1 Å². The lowest BCUT2D eigenvalue weighted by atomic mass is 9.81. The predicted octanol–water partition coefficient (Wildman–Crippen LogP) is 18.7. The highest BCUT2D eigenvalue weighted by atomic mass is 15.1. The van der Waals surface area contributed by atoms with Crippen LogP contribution in [-0.2, 0) is 0 Å². The number of para-hydroxylation sites is 1. The molecule has 0 aromatic heterocycles. The summed E-state index contributed by atoms with van der Waals surface area (Å²) in [6, 6.07) is 96.0. The van der Waals surface area contributed by atoms with Gasteiger partial charge in [0.1, 0.15) is 0 Å². The van der Waals surface area contributed by atoms with Crippen molar-refractivity contribution in [3.63, 3.8) is 0 Å². The molecule has 0 atom stereocenters. The van der Waals surface area contributed by atoms with Crippen molar-refractivity contribution in [1.29, 1.82) is 0 Å². The van der Waals surface area contributed by atoms with Crippen LogP contribution in [0.1, 0.15) is 0 Å². The molecule has 0 amide bonds. The third-order valence-corrected chi connectivity index (χ3v) is 13.8. The fraction of sp³-hybridized carbons (Fsp3) is 0. The first-order chi connectivity index (χ1) is 33.2. The van der Waals surface area contributed by atoms with Crippen molar-refractivity contribution >= 4 is 81.7 Å². The summed E-state index contributed by atoms with van der Waals surface area (Å²) in [4.78, 5) is 2.36. The molecule has 0 radical (unpaired) electrons. The maximum Gasteiger partial charge on any atom is 0.0468 e. The van der Waals surface area contributed by atoms with E-state index in [2.05, 4.69) is 266 Å². The van der Waals surface area contributed by atoms with Crippen LogP contribution < -0.4 is 4.90 Å². The number of hydrogen-bond donors (Lipinski definition) is 0. The van der Waals surface area contributed by atoms with Crippen LogP contribution in [0, 0.1) is 0 Å². The first-order valence-corrected chi connectivity index (χ1v) is 23.2. The van der Waals surface area contributed by atoms with Crippen LogP contribution in [0.3, 0.4) is 0 Å². The monoisotopic (exact) mass is 849 g/mol. The Kier molecular flexibility index (Phi) is 9.25. The molecular formula is C66H43N. The molecule has 0 heterocycles. The van der Waals surface area contributed by atoms with Gasteiger partial charge in [0.15, 0.2) is 0 Å². The van der Waals surface area contributed by atoms with E-state index in [1.807, 2.05) is 0 Å². The highest BCUT2D eigenvalue weighted by molar-refractivity contribution is 6.33. The Labute approximate surface area is 390 Å². The largest absolute Gasteiger partial charge is 0.310 e. The van der Waals surface area contributed by atoms with Gasteiger partial charge in [-0.25, -0.2) is 0 Å². The smallest absolute Gasteiger partial charge is 0.0468 e. The van der Waals surface area contributed by atoms with Crippen molar-refractivity contribution < 1.29 is 0 Å². The van der Waals surface area contributed by atoms with E-state index in [1.165, 1.54) is 109 Å². The third-order valence-electron chi connectivity index (χ3n) is 13.8. The van der Waals surface area contributed by atoms with Gasteiger partial charge in [-0.15, -0.1) is 0 Å². The van der Waals surface area contributed by atoms with E-state index in [0.29, 0.717) is 0 Å². The van der Waals surface area contributed by atoms with Gasteiger partial charge in [0.25, 0.3) is 0 Å². The number of rotatable bonds is 7. The topological polar surface area (TPSA) is 3.24 Å². The molecule has 0 aliphatic rings. The molecule has 67 heavy (non-hydrogen) atoms. The molecule has 13 rings (SSSR count). The summed E-state index contributed by atoms with van der Waals surface area (Å²) < 4.78 is 0. The molecule has 0 fully saturated rings. The maximum atomic E-state index is 2.46. The highest BCUT2D eigenvalue weighted by Crippen LogP contribution is 2.50. The van der Waals surface area contributed by atoms with Gasteiger partial charge in [-0.05, 0) is 164 Å². The van der Waals surface area contributed by atoms with E-state index in [9.17, 15) is 0 Å². The van der Waals surface area contributed by atoms with Crippen molar-refractivity contribution in [2.75, 3.05) is 4.90 Å². The number of nitrogens with zero attached hydrogens (tertiary/aromatic N) is 1. The second-order valence-corrected chi connectivity index (χ2v) is 17.6. The minimum Gasteiger partial charge on any atom is -0.310 e. The van der Waals surface area contributed by atoms with Crippen LogP contribution in [0.25, 0.3) is 109 Å². The summed E-state index contributed by atoms with van der Waals surface area (Å²) >= 11 is 0. The van der Waals surface area contributed by atoms with E-state index in [4.69, 9.17) is 0 Å². The van der Waals surface area contributed by atoms with Gasteiger partial charge in [-0.2, -0.15) is 0 Å². The summed E-state index contributed by atoms with van der Waals surface area (Å²) in [6.07, 6.45) is 0. The summed E-state index contributed by atoms with van der Waals surface area (Å²) in [7, 11) is 0. The minimum absolute atomic E-state index is 1.10. The van der Waals surface area contributed by atoms with Crippen molar-refractivity contribution in [3.05, 3.63) is 261 Å². The molecule has 0 N–H and O–H groups in total. The number of hydrogen-bond acceptors (Lipinski definition) is 1. The number of benzene rings is 13. The molecule has 1 nitrogen and oxygen atoms in total. The van der Waals surface area contributed by atoms with Crippen molar-refractivity contribution in [3.8, 4) is 44.5 Å². The van der Waals surface area contributed by atoms with E-state index in [-0.39, 0.29) is 0 Å². The Bertz CT molecular complexity index is 4010. The van der Waals surface area contributed by atoms with E-state index in [1.54, 1.807) is 0 Å². The second kappa shape index (κ2) is 16.0. The molecule has 0 saturated carbocycles. The summed E-state index contributed by atoms with van der Waals surface area (Å²) in [5.41, 5.74) is 13.0. The Hall–Kier alpha value is -8.78. The molecule has 1 heteroatoms. The lowest BCUT2D eigenvalue weighted by Crippen LogP contribution is -2.09. The van der Waals surface area contributed by atoms with Crippen molar-refractivity contribution in [2.24, 2.45) is 0 Å². The quantitative estimate of drug-likeness (QED) is 0.144. The lowest BCUT2D eigenvalue weighted by molar-refractivity contribution is 1.29. The van der Waals surface area contributed by atoms with Gasteiger partial charge in [-0.3, -0.25) is 0 Å². The van der Waals surface area contributed by atoms with Crippen LogP contribution in [0.2, 0.25) is 0 Å². The zero-order valence-corrected chi connectivity index (χ0v) is 36.8. The van der Waals surface area contributed by atoms with Crippen molar-refractivity contribution in [1.82, 2.24) is 0 Å². The molecule has 0 aliphatic heterocycles. The van der Waals surface area contributed by atoms with Gasteiger partial charge >= 0.3 is 0 Å². The average molecular weight is 850 g/mol. The zero-order valence-electron chi connectivity index (χ0n) is 36.8. The van der Waals surface area contributed by atoms with Crippen LogP contribution >= 0.6 is 0 Å². The average Bonchev–Trinajstić information content (AvgIpc) is 3.41. The lowest BCUT2D eigenvalue weighted by Gasteiger charge is -2.26. The SMILES string of the molecule is c1ccc(-c2cc(-c3ccc(N(c4ccccc4)c4ccc5ccccc5c4)cc3)c3c4ccccc4c4cc(-c5cc6ccccc6c6ccccc56)ccc4c3c2-c2ccccc2)cc1. The molecule has 0 aliphatic carbocycles. The van der Waals surface area contributed by atoms with Gasteiger partial charge in [0, 0.05) is 17.1 Å². The standard InChI is InChI=1S/C66H43N/c1-4-19-45(20-5-1)61-43-62(46-33-36-52(37-34-46)67(51-25-8-3-9-26-51)53-38-32-44-18-10-11-23-48(44)40-53)65-58-31-17-16-30-57(58)63-42-50(35-39-59(63)66(65)64(61)47-21-6-2-7-22-47)60-41-49-24-12-13-27-54(49)55-28-14-15-29-56(55)60/h1-43H. The van der Waals surface area contributed by atoms with Crippen LogP contribution in [0.15, 0.2) is 261 Å². The van der Waals surface area contributed by atoms with Crippen LogP contribution in [-0.4, -0.2) is 0 Å². The van der Waals surface area contributed by atoms with Crippen molar-refractivity contribution in [2.45, 2.75) is 0 Å². The normalized spacial score (nSPS) is 11.6. The highest BCUT2D eigenvalue weighted by Gasteiger charge is 2.23. The molecule has 0 saturated heterocycles. The minimum atomic E-state index is 1.10. The third kappa shape index (κ3) is 6.55. The van der Waals surface area contributed by atoms with Gasteiger partial charge in [-0.1, -0.05) is 206 Å². The zero-order chi connectivity index (χ0) is 44.3. The Balaban J connectivity index is 1.09. The molecule has 13 aromatic rings. The Morgan fingerprint density at radius 2 is 0.716 bits per heavy atom. The summed E-state index contributed by atoms with van der Waals surface area (Å²) in [5, 5.41) is 15.0. The van der Waals surface area contributed by atoms with Gasteiger partial charge in [0.2, 0.25) is 0 Å². The first-order valence-electron chi connectivity index (χ1n) is 23.2. The molecule has 13 aromatic carbocycles. The van der Waals surface area contributed by atoms with Gasteiger partial charge in [0.05, 0.1) is 0 Å². The Morgan fingerprint density at radius 1 is 0.209 bits per heavy atom. The fourth-order valence-corrected chi connectivity index (χ4v) is 10.7. The molecule has 0 unspecified atom stereocenters. The number of fused-ring (bicyclic) bond motifs is 10. The Morgan fingerprint density at radius 3 is 1.45 bits per heavy atom. The fourth-order valence-electron chi connectivity index (χ4n) is 10.7. The summed E-state index contributed by atoms with van der Waals surface area (Å²) in [5.74, 6) is 0. The summed E-state index contributed by atoms with van der Waals surface area (Å²) in [6.45, 7) is 0. The van der Waals surface area contributed by atoms with E-state index < -0.39 is 0 Å². The second-order valence-electron chi connectivity index (χ2n) is 17.6. The maximum absolute atomic E-state index is 2.46. The molecule has 0 bridgehead atoms. The number of anilines is 3. The van der Waals surface area contributed by atoms with E-state index in [0.717, 1.165) is 17.1 Å². The molecule has 0 spiro atoms. The first kappa shape index (κ1) is 38.7.